The third-order valence-electron chi connectivity index (χ3n) is 3.81. The maximum Gasteiger partial charge on any atom is 0.211 e. The topological polar surface area (TPSA) is 52.6 Å². The number of rotatable bonds is 8. The summed E-state index contributed by atoms with van der Waals surface area (Å²) < 4.78 is 24.4. The number of nitrogens with one attached hydrogen (secondary N) is 1. The fraction of sp³-hybridized carbons (Fsp3) is 1.00. The molecule has 1 atom stereocenters. The van der Waals surface area contributed by atoms with Gasteiger partial charge in [-0.3, -0.25) is 0 Å². The Morgan fingerprint density at radius 2 is 1.79 bits per heavy atom. The summed E-state index contributed by atoms with van der Waals surface area (Å²) in [6.07, 6.45) is 4.86. The summed E-state index contributed by atoms with van der Waals surface area (Å²) in [6.45, 7) is 9.50. The highest BCUT2D eigenvalue weighted by Crippen LogP contribution is 2.08. The maximum atomic E-state index is 11.4. The molecular formula is C13H29N3O2S. The van der Waals surface area contributed by atoms with Crippen molar-refractivity contribution in [1.29, 1.82) is 0 Å². The van der Waals surface area contributed by atoms with E-state index in [2.05, 4.69) is 24.1 Å². The Balaban J connectivity index is 2.19. The van der Waals surface area contributed by atoms with E-state index in [-0.39, 0.29) is 0 Å². The Morgan fingerprint density at radius 3 is 2.26 bits per heavy atom. The van der Waals surface area contributed by atoms with Gasteiger partial charge in [0.15, 0.2) is 0 Å². The van der Waals surface area contributed by atoms with Crippen molar-refractivity contribution < 1.29 is 8.42 Å². The van der Waals surface area contributed by atoms with Crippen molar-refractivity contribution in [2.24, 2.45) is 0 Å². The summed E-state index contributed by atoms with van der Waals surface area (Å²) in [6, 6.07) is 0.627. The Labute approximate surface area is 118 Å². The van der Waals surface area contributed by atoms with E-state index in [1.807, 2.05) is 0 Å². The van der Waals surface area contributed by atoms with E-state index in [0.29, 0.717) is 19.1 Å². The fourth-order valence-corrected chi connectivity index (χ4v) is 3.41. The van der Waals surface area contributed by atoms with Gasteiger partial charge < -0.3 is 10.2 Å². The fourth-order valence-electron chi connectivity index (χ4n) is 2.59. The molecule has 5 nitrogen and oxygen atoms in total. The highest BCUT2D eigenvalue weighted by molar-refractivity contribution is 7.88. The van der Waals surface area contributed by atoms with Gasteiger partial charge >= 0.3 is 0 Å². The van der Waals surface area contributed by atoms with Crippen LogP contribution >= 0.6 is 0 Å². The maximum absolute atomic E-state index is 11.4. The molecule has 1 unspecified atom stereocenters. The number of hydrogen-bond donors (Lipinski definition) is 1. The van der Waals surface area contributed by atoms with Crippen LogP contribution in [0.15, 0.2) is 0 Å². The lowest BCUT2D eigenvalue weighted by Gasteiger charge is -2.33. The molecule has 1 fully saturated rings. The molecule has 6 heteroatoms. The summed E-state index contributed by atoms with van der Waals surface area (Å²) in [5.41, 5.74) is 0. The Kier molecular flexibility index (Phi) is 7.28. The van der Waals surface area contributed by atoms with Gasteiger partial charge in [0.05, 0.1) is 6.26 Å². The van der Waals surface area contributed by atoms with E-state index in [0.717, 1.165) is 26.2 Å². The van der Waals surface area contributed by atoms with E-state index in [4.69, 9.17) is 0 Å². The van der Waals surface area contributed by atoms with Gasteiger partial charge in [-0.1, -0.05) is 13.8 Å². The first kappa shape index (κ1) is 16.9. The van der Waals surface area contributed by atoms with Gasteiger partial charge in [-0.05, 0) is 32.4 Å². The monoisotopic (exact) mass is 291 g/mol. The summed E-state index contributed by atoms with van der Waals surface area (Å²) in [5.74, 6) is 0. The molecule has 1 aliphatic rings. The van der Waals surface area contributed by atoms with E-state index in [1.54, 1.807) is 4.31 Å². The van der Waals surface area contributed by atoms with Crippen molar-refractivity contribution in [3.63, 3.8) is 0 Å². The van der Waals surface area contributed by atoms with Crippen molar-refractivity contribution in [3.8, 4) is 0 Å². The van der Waals surface area contributed by atoms with Crippen LogP contribution in [0, 0.1) is 0 Å². The Bertz CT molecular complexity index is 338. The average Bonchev–Trinajstić information content (AvgIpc) is 2.37. The average molecular weight is 291 g/mol. The van der Waals surface area contributed by atoms with E-state index in [1.165, 1.54) is 25.5 Å². The third-order valence-corrected chi connectivity index (χ3v) is 5.12. The molecule has 0 aliphatic carbocycles. The lowest BCUT2D eigenvalue weighted by Crippen LogP contribution is -2.48. The van der Waals surface area contributed by atoms with E-state index in [9.17, 15) is 8.42 Å². The second kappa shape index (κ2) is 8.19. The van der Waals surface area contributed by atoms with Crippen LogP contribution < -0.4 is 5.32 Å². The molecule has 0 radical (unpaired) electrons. The summed E-state index contributed by atoms with van der Waals surface area (Å²) in [5, 5.41) is 3.49. The molecule has 1 saturated heterocycles. The molecule has 114 valence electrons. The summed E-state index contributed by atoms with van der Waals surface area (Å²) in [7, 11) is -3.00. The predicted molar refractivity (Wildman–Crippen MR) is 79.8 cm³/mol. The molecule has 0 aromatic rings. The predicted octanol–water partition coefficient (Wildman–Crippen LogP) is 0.732. The van der Waals surface area contributed by atoms with Crippen LogP contribution in [0.5, 0.6) is 0 Å². The molecular weight excluding hydrogens is 262 g/mol. The molecule has 0 bridgehead atoms. The van der Waals surface area contributed by atoms with Crippen LogP contribution in [-0.4, -0.2) is 69.2 Å². The van der Waals surface area contributed by atoms with Crippen LogP contribution in [-0.2, 0) is 10.0 Å². The van der Waals surface area contributed by atoms with Gasteiger partial charge in [0.2, 0.25) is 10.0 Å². The molecule has 0 amide bonds. The SMILES string of the molecule is CCNC(CC)CCCN1CCN(S(C)(=O)=O)CC1. The lowest BCUT2D eigenvalue weighted by atomic mass is 10.1. The first-order valence-electron chi connectivity index (χ1n) is 7.38. The number of nitrogens with zero attached hydrogens (tertiary/aromatic N) is 2. The zero-order valence-electron chi connectivity index (χ0n) is 12.6. The zero-order valence-corrected chi connectivity index (χ0v) is 13.4. The number of piperazine rings is 1. The van der Waals surface area contributed by atoms with Gasteiger partial charge in [-0.25, -0.2) is 8.42 Å². The molecule has 0 aromatic heterocycles. The van der Waals surface area contributed by atoms with Crippen LogP contribution in [0.25, 0.3) is 0 Å². The van der Waals surface area contributed by atoms with Gasteiger partial charge in [-0.15, -0.1) is 0 Å². The Morgan fingerprint density at radius 1 is 1.16 bits per heavy atom. The minimum absolute atomic E-state index is 0.627. The molecule has 1 heterocycles. The first-order valence-corrected chi connectivity index (χ1v) is 9.23. The van der Waals surface area contributed by atoms with Crippen molar-refractivity contribution in [2.45, 2.75) is 39.2 Å². The van der Waals surface area contributed by atoms with Gasteiger partial charge in [0.1, 0.15) is 0 Å². The number of sulfonamides is 1. The molecule has 0 spiro atoms. The summed E-state index contributed by atoms with van der Waals surface area (Å²) in [4.78, 5) is 2.38. The van der Waals surface area contributed by atoms with Crippen molar-refractivity contribution in [2.75, 3.05) is 45.5 Å². The standard InChI is InChI=1S/C13H29N3O2S/c1-4-13(14-5-2)7-6-8-15-9-11-16(12-10-15)19(3,17)18/h13-14H,4-12H2,1-3H3. The highest BCUT2D eigenvalue weighted by Gasteiger charge is 2.22. The van der Waals surface area contributed by atoms with Crippen LogP contribution in [0.3, 0.4) is 0 Å². The normalized spacial score (nSPS) is 20.6. The van der Waals surface area contributed by atoms with Gasteiger partial charge in [0.25, 0.3) is 0 Å². The lowest BCUT2D eigenvalue weighted by molar-refractivity contribution is 0.184. The second-order valence-electron chi connectivity index (χ2n) is 5.31. The molecule has 1 rings (SSSR count). The van der Waals surface area contributed by atoms with Crippen molar-refractivity contribution in [3.05, 3.63) is 0 Å². The van der Waals surface area contributed by atoms with Crippen molar-refractivity contribution >= 4 is 10.0 Å². The largest absolute Gasteiger partial charge is 0.314 e. The highest BCUT2D eigenvalue weighted by atomic mass is 32.2. The number of hydrogen-bond acceptors (Lipinski definition) is 4. The van der Waals surface area contributed by atoms with Crippen LogP contribution in [0.4, 0.5) is 0 Å². The minimum atomic E-state index is -3.00. The second-order valence-corrected chi connectivity index (χ2v) is 7.29. The minimum Gasteiger partial charge on any atom is -0.314 e. The van der Waals surface area contributed by atoms with E-state index >= 15 is 0 Å². The summed E-state index contributed by atoms with van der Waals surface area (Å²) >= 11 is 0. The van der Waals surface area contributed by atoms with Gasteiger partial charge in [0, 0.05) is 32.2 Å². The molecule has 1 N–H and O–H groups in total. The van der Waals surface area contributed by atoms with Crippen molar-refractivity contribution in [1.82, 2.24) is 14.5 Å². The third kappa shape index (κ3) is 6.21. The van der Waals surface area contributed by atoms with Crippen LogP contribution in [0.1, 0.15) is 33.1 Å². The zero-order chi connectivity index (χ0) is 14.3. The van der Waals surface area contributed by atoms with Crippen LogP contribution in [0.2, 0.25) is 0 Å². The molecule has 0 aromatic carbocycles. The van der Waals surface area contributed by atoms with Gasteiger partial charge in [-0.2, -0.15) is 4.31 Å². The van der Waals surface area contributed by atoms with E-state index < -0.39 is 10.0 Å². The quantitative estimate of drug-likeness (QED) is 0.716. The first-order chi connectivity index (χ1) is 8.97. The molecule has 1 aliphatic heterocycles. The Hall–Kier alpha value is -0.170. The smallest absolute Gasteiger partial charge is 0.211 e. The molecule has 19 heavy (non-hydrogen) atoms. The molecule has 0 saturated carbocycles.